The minimum Gasteiger partial charge on any atom is -0.313 e. The minimum atomic E-state index is 0.802. The van der Waals surface area contributed by atoms with Crippen LogP contribution in [0.5, 0.6) is 0 Å². The molecule has 2 rings (SSSR count). The summed E-state index contributed by atoms with van der Waals surface area (Å²) in [7, 11) is 2.16. The summed E-state index contributed by atoms with van der Waals surface area (Å²) in [6.07, 6.45) is 2.72. The first kappa shape index (κ1) is 12.9. The van der Waals surface area contributed by atoms with Crippen LogP contribution in [-0.4, -0.2) is 31.1 Å². The molecule has 3 heteroatoms. The molecule has 94 valence electrons. The first-order chi connectivity index (χ1) is 8.15. The third kappa shape index (κ3) is 4.30. The summed E-state index contributed by atoms with van der Waals surface area (Å²) in [5.41, 5.74) is 2.64. The lowest BCUT2D eigenvalue weighted by atomic mass is 10.1. The normalized spacial score (nSPS) is 15.5. The van der Waals surface area contributed by atoms with E-state index in [4.69, 9.17) is 11.6 Å². The van der Waals surface area contributed by atoms with Crippen molar-refractivity contribution in [3.63, 3.8) is 0 Å². The summed E-state index contributed by atoms with van der Waals surface area (Å²) in [5.74, 6) is 0. The van der Waals surface area contributed by atoms with Gasteiger partial charge in [-0.05, 0) is 50.1 Å². The van der Waals surface area contributed by atoms with Crippen LogP contribution in [0.15, 0.2) is 18.2 Å². The van der Waals surface area contributed by atoms with Crippen LogP contribution in [0.25, 0.3) is 0 Å². The number of halogens is 1. The number of nitrogens with zero attached hydrogens (tertiary/aromatic N) is 1. The minimum absolute atomic E-state index is 0.802. The second kappa shape index (κ2) is 5.85. The van der Waals surface area contributed by atoms with E-state index in [1.807, 2.05) is 6.07 Å². The van der Waals surface area contributed by atoms with E-state index in [1.54, 1.807) is 0 Å². The molecule has 0 atom stereocenters. The molecule has 0 unspecified atom stereocenters. The van der Waals surface area contributed by atoms with Gasteiger partial charge >= 0.3 is 0 Å². The first-order valence-corrected chi connectivity index (χ1v) is 6.70. The molecule has 0 aromatic heterocycles. The van der Waals surface area contributed by atoms with Gasteiger partial charge < -0.3 is 10.2 Å². The molecule has 0 spiro atoms. The lowest BCUT2D eigenvalue weighted by molar-refractivity contribution is 0.323. The van der Waals surface area contributed by atoms with Crippen LogP contribution in [0.1, 0.15) is 24.0 Å². The summed E-state index contributed by atoms with van der Waals surface area (Å²) < 4.78 is 0. The van der Waals surface area contributed by atoms with Gasteiger partial charge in [-0.15, -0.1) is 0 Å². The zero-order chi connectivity index (χ0) is 12.3. The molecule has 0 bridgehead atoms. The Hall–Kier alpha value is -0.570. The van der Waals surface area contributed by atoms with Gasteiger partial charge in [-0.2, -0.15) is 0 Å². The van der Waals surface area contributed by atoms with Crippen LogP contribution in [-0.2, 0) is 6.54 Å². The summed E-state index contributed by atoms with van der Waals surface area (Å²) in [6, 6.07) is 6.92. The molecule has 0 radical (unpaired) electrons. The molecule has 1 N–H and O–H groups in total. The molecule has 2 nitrogen and oxygen atoms in total. The lowest BCUT2D eigenvalue weighted by Gasteiger charge is -2.18. The van der Waals surface area contributed by atoms with E-state index in [0.29, 0.717) is 0 Å². The van der Waals surface area contributed by atoms with Gasteiger partial charge in [0.05, 0.1) is 0 Å². The largest absolute Gasteiger partial charge is 0.313 e. The fourth-order valence-electron chi connectivity index (χ4n) is 1.93. The van der Waals surface area contributed by atoms with Crippen LogP contribution >= 0.6 is 11.6 Å². The highest BCUT2D eigenvalue weighted by Gasteiger charge is 2.19. The number of hydrogen-bond donors (Lipinski definition) is 1. The summed E-state index contributed by atoms with van der Waals surface area (Å²) in [6.45, 7) is 5.28. The van der Waals surface area contributed by atoms with Gasteiger partial charge in [-0.25, -0.2) is 0 Å². The van der Waals surface area contributed by atoms with Crippen molar-refractivity contribution < 1.29 is 0 Å². The Bertz CT molecular complexity index is 374. The molecular formula is C14H21ClN2. The Morgan fingerprint density at radius 3 is 2.88 bits per heavy atom. The van der Waals surface area contributed by atoms with Crippen LogP contribution in [0.2, 0.25) is 5.02 Å². The highest BCUT2D eigenvalue weighted by atomic mass is 35.5. The molecule has 1 fully saturated rings. The number of likely N-dealkylation sites (N-methyl/N-ethyl adjacent to an activating group) is 1. The van der Waals surface area contributed by atoms with Crippen molar-refractivity contribution in [3.8, 4) is 0 Å². The Kier molecular flexibility index (Phi) is 4.43. The maximum atomic E-state index is 6.02. The number of hydrogen-bond acceptors (Lipinski definition) is 2. The summed E-state index contributed by atoms with van der Waals surface area (Å²) >= 11 is 6.02. The van der Waals surface area contributed by atoms with Crippen molar-refractivity contribution in [2.75, 3.05) is 20.1 Å². The fraction of sp³-hybridized carbons (Fsp3) is 0.571. The Labute approximate surface area is 109 Å². The Morgan fingerprint density at radius 1 is 1.41 bits per heavy atom. The molecule has 0 amide bonds. The summed E-state index contributed by atoms with van der Waals surface area (Å²) in [4.78, 5) is 2.34. The predicted octanol–water partition coefficient (Wildman–Crippen LogP) is 2.83. The third-order valence-corrected chi connectivity index (χ3v) is 3.49. The van der Waals surface area contributed by atoms with Gasteiger partial charge in [0.2, 0.25) is 0 Å². The molecular weight excluding hydrogens is 232 g/mol. The SMILES string of the molecule is Cc1ccc(Cl)cc1CN(C)CCNC1CC1. The monoisotopic (exact) mass is 252 g/mol. The molecule has 1 aromatic rings. The molecule has 1 aliphatic rings. The topological polar surface area (TPSA) is 15.3 Å². The van der Waals surface area contributed by atoms with Gasteiger partial charge in [0.1, 0.15) is 0 Å². The molecule has 0 saturated heterocycles. The molecule has 1 saturated carbocycles. The number of aryl methyl sites for hydroxylation is 1. The average molecular weight is 253 g/mol. The third-order valence-electron chi connectivity index (χ3n) is 3.26. The van der Waals surface area contributed by atoms with E-state index in [-0.39, 0.29) is 0 Å². The fourth-order valence-corrected chi connectivity index (χ4v) is 2.12. The Morgan fingerprint density at radius 2 is 2.18 bits per heavy atom. The van der Waals surface area contributed by atoms with E-state index in [1.165, 1.54) is 24.0 Å². The second-order valence-electron chi connectivity index (χ2n) is 5.04. The Balaban J connectivity index is 1.79. The van der Waals surface area contributed by atoms with Crippen molar-refractivity contribution in [3.05, 3.63) is 34.3 Å². The quantitative estimate of drug-likeness (QED) is 0.838. The molecule has 0 aliphatic heterocycles. The van der Waals surface area contributed by atoms with Crippen LogP contribution < -0.4 is 5.32 Å². The van der Waals surface area contributed by atoms with Crippen molar-refractivity contribution in [2.45, 2.75) is 32.4 Å². The molecule has 1 aliphatic carbocycles. The zero-order valence-corrected chi connectivity index (χ0v) is 11.4. The molecule has 17 heavy (non-hydrogen) atoms. The average Bonchev–Trinajstić information content (AvgIpc) is 3.07. The van der Waals surface area contributed by atoms with Gasteiger partial charge in [-0.3, -0.25) is 0 Å². The standard InChI is InChI=1S/C14H21ClN2/c1-11-3-4-13(15)9-12(11)10-17(2)8-7-16-14-5-6-14/h3-4,9,14,16H,5-8,10H2,1-2H3. The highest BCUT2D eigenvalue weighted by Crippen LogP contribution is 2.18. The van der Waals surface area contributed by atoms with Crippen LogP contribution in [0.4, 0.5) is 0 Å². The molecule has 0 heterocycles. The van der Waals surface area contributed by atoms with E-state index in [2.05, 4.69) is 36.3 Å². The maximum absolute atomic E-state index is 6.02. The number of benzene rings is 1. The summed E-state index contributed by atoms with van der Waals surface area (Å²) in [5, 5.41) is 4.36. The number of rotatable bonds is 6. The second-order valence-corrected chi connectivity index (χ2v) is 5.47. The zero-order valence-electron chi connectivity index (χ0n) is 10.7. The van der Waals surface area contributed by atoms with Crippen molar-refractivity contribution in [1.82, 2.24) is 10.2 Å². The smallest absolute Gasteiger partial charge is 0.0409 e. The van der Waals surface area contributed by atoms with E-state index in [9.17, 15) is 0 Å². The van der Waals surface area contributed by atoms with Gasteiger partial charge in [-0.1, -0.05) is 17.7 Å². The van der Waals surface area contributed by atoms with Crippen molar-refractivity contribution in [1.29, 1.82) is 0 Å². The van der Waals surface area contributed by atoms with Gasteiger partial charge in [0.25, 0.3) is 0 Å². The van der Waals surface area contributed by atoms with Crippen molar-refractivity contribution in [2.24, 2.45) is 0 Å². The van der Waals surface area contributed by atoms with Gasteiger partial charge in [0, 0.05) is 30.7 Å². The van der Waals surface area contributed by atoms with E-state index < -0.39 is 0 Å². The maximum Gasteiger partial charge on any atom is 0.0409 e. The lowest BCUT2D eigenvalue weighted by Crippen LogP contribution is -2.30. The van der Waals surface area contributed by atoms with Crippen molar-refractivity contribution >= 4 is 11.6 Å². The molecule has 1 aromatic carbocycles. The van der Waals surface area contributed by atoms with Gasteiger partial charge in [0.15, 0.2) is 0 Å². The van der Waals surface area contributed by atoms with E-state index >= 15 is 0 Å². The van der Waals surface area contributed by atoms with E-state index in [0.717, 1.165) is 30.7 Å². The van der Waals surface area contributed by atoms with Crippen LogP contribution in [0.3, 0.4) is 0 Å². The van der Waals surface area contributed by atoms with Crippen LogP contribution in [0, 0.1) is 6.92 Å². The first-order valence-electron chi connectivity index (χ1n) is 6.32. The highest BCUT2D eigenvalue weighted by molar-refractivity contribution is 6.30. The number of nitrogens with one attached hydrogen (secondary N) is 1. The predicted molar refractivity (Wildman–Crippen MR) is 73.5 cm³/mol.